The second-order valence-corrected chi connectivity index (χ2v) is 3.61. The maximum atomic E-state index is 9.04. The Balaban J connectivity index is 2.40. The van der Waals surface area contributed by atoms with Crippen LogP contribution in [0, 0.1) is 11.3 Å². The van der Waals surface area contributed by atoms with E-state index >= 15 is 0 Å². The Hall–Kier alpha value is -2.67. The van der Waals surface area contributed by atoms with Crippen molar-refractivity contribution in [2.24, 2.45) is 0 Å². The highest BCUT2D eigenvalue weighted by Gasteiger charge is 2.09. The smallest absolute Gasteiger partial charge is 0.137 e. The Labute approximate surface area is 97.6 Å². The Kier molecular flexibility index (Phi) is 2.09. The van der Waals surface area contributed by atoms with Crippen LogP contribution in [0.15, 0.2) is 42.9 Å². The Bertz CT molecular complexity index is 708. The molecule has 17 heavy (non-hydrogen) atoms. The van der Waals surface area contributed by atoms with Crippen molar-refractivity contribution in [1.29, 1.82) is 5.26 Å². The molecule has 3 aromatic rings. The van der Waals surface area contributed by atoms with Gasteiger partial charge in [0.05, 0.1) is 11.1 Å². The minimum atomic E-state index is 0.580. The molecule has 0 fully saturated rings. The first kappa shape index (κ1) is 9.55. The summed E-state index contributed by atoms with van der Waals surface area (Å²) in [5.41, 5.74) is 2.25. The van der Waals surface area contributed by atoms with E-state index in [0.717, 1.165) is 16.8 Å². The molecule has 3 rings (SSSR count). The minimum Gasteiger partial charge on any atom is -0.345 e. The van der Waals surface area contributed by atoms with Crippen molar-refractivity contribution in [3.8, 4) is 17.5 Å². The van der Waals surface area contributed by atoms with Crippen LogP contribution < -0.4 is 0 Å². The van der Waals surface area contributed by atoms with Crippen LogP contribution >= 0.6 is 0 Å². The molecule has 2 heterocycles. The number of imidazole rings is 1. The molecule has 0 saturated heterocycles. The topological polar surface area (TPSA) is 65.4 Å². The van der Waals surface area contributed by atoms with Gasteiger partial charge in [-0.05, 0) is 18.2 Å². The van der Waals surface area contributed by atoms with Crippen LogP contribution in [0.1, 0.15) is 5.56 Å². The van der Waals surface area contributed by atoms with Gasteiger partial charge in [-0.3, -0.25) is 4.98 Å². The monoisotopic (exact) mass is 220 g/mol. The third-order valence-electron chi connectivity index (χ3n) is 2.64. The third kappa shape index (κ3) is 1.45. The second-order valence-electron chi connectivity index (χ2n) is 3.61. The number of hydrogen-bond donors (Lipinski definition) is 1. The van der Waals surface area contributed by atoms with Gasteiger partial charge >= 0.3 is 0 Å². The van der Waals surface area contributed by atoms with Crippen LogP contribution in [0.4, 0.5) is 0 Å². The molecule has 0 aliphatic carbocycles. The fourth-order valence-corrected chi connectivity index (χ4v) is 1.88. The van der Waals surface area contributed by atoms with E-state index in [2.05, 4.69) is 21.0 Å². The molecule has 0 amide bonds. The van der Waals surface area contributed by atoms with Crippen molar-refractivity contribution in [3.63, 3.8) is 0 Å². The summed E-state index contributed by atoms with van der Waals surface area (Å²) < 4.78 is 0. The first-order valence-electron chi connectivity index (χ1n) is 5.18. The van der Waals surface area contributed by atoms with Crippen LogP contribution in [0.5, 0.6) is 0 Å². The number of nitriles is 1. The number of rotatable bonds is 1. The van der Waals surface area contributed by atoms with Gasteiger partial charge in [-0.25, -0.2) is 4.98 Å². The normalized spacial score (nSPS) is 10.3. The van der Waals surface area contributed by atoms with Gasteiger partial charge in [0, 0.05) is 29.5 Å². The lowest BCUT2D eigenvalue weighted by Gasteiger charge is -2.04. The number of hydrogen-bond acceptors (Lipinski definition) is 3. The largest absolute Gasteiger partial charge is 0.345 e. The van der Waals surface area contributed by atoms with E-state index in [-0.39, 0.29) is 0 Å². The van der Waals surface area contributed by atoms with Crippen molar-refractivity contribution in [2.45, 2.75) is 0 Å². The highest BCUT2D eigenvalue weighted by molar-refractivity contribution is 5.95. The lowest BCUT2D eigenvalue weighted by atomic mass is 10.0. The van der Waals surface area contributed by atoms with Crippen LogP contribution in [-0.4, -0.2) is 15.0 Å². The molecule has 0 bridgehead atoms. The van der Waals surface area contributed by atoms with E-state index < -0.39 is 0 Å². The molecule has 2 aromatic heterocycles. The summed E-state index contributed by atoms with van der Waals surface area (Å²) in [5.74, 6) is 0.785. The SMILES string of the molecule is N#Cc1ccc(-c2ncc[nH]2)c2cccnc12. The highest BCUT2D eigenvalue weighted by atomic mass is 14.9. The molecule has 0 saturated carbocycles. The van der Waals surface area contributed by atoms with E-state index in [9.17, 15) is 0 Å². The first-order chi connectivity index (χ1) is 8.40. The number of nitrogens with one attached hydrogen (secondary N) is 1. The van der Waals surface area contributed by atoms with Crippen molar-refractivity contribution in [1.82, 2.24) is 15.0 Å². The number of pyridine rings is 1. The molecule has 4 nitrogen and oxygen atoms in total. The van der Waals surface area contributed by atoms with Gasteiger partial charge in [0.1, 0.15) is 11.9 Å². The molecule has 0 spiro atoms. The number of H-pyrrole nitrogens is 1. The highest BCUT2D eigenvalue weighted by Crippen LogP contribution is 2.26. The van der Waals surface area contributed by atoms with Crippen molar-refractivity contribution in [2.75, 3.05) is 0 Å². The molecule has 1 N–H and O–H groups in total. The molecule has 0 radical (unpaired) electrons. The van der Waals surface area contributed by atoms with Gasteiger partial charge < -0.3 is 4.98 Å². The lowest BCUT2D eigenvalue weighted by molar-refractivity contribution is 1.31. The fraction of sp³-hybridized carbons (Fsp3) is 0. The van der Waals surface area contributed by atoms with Crippen LogP contribution in [0.2, 0.25) is 0 Å². The molecule has 80 valence electrons. The van der Waals surface area contributed by atoms with Crippen LogP contribution in [-0.2, 0) is 0 Å². The molecule has 0 aliphatic heterocycles. The Morgan fingerprint density at radius 3 is 2.82 bits per heavy atom. The lowest BCUT2D eigenvalue weighted by Crippen LogP contribution is -1.88. The van der Waals surface area contributed by atoms with Gasteiger partial charge in [-0.15, -0.1) is 0 Å². The van der Waals surface area contributed by atoms with E-state index in [1.807, 2.05) is 18.2 Å². The predicted octanol–water partition coefficient (Wildman–Crippen LogP) is 2.50. The maximum absolute atomic E-state index is 9.04. The molecule has 0 aliphatic rings. The van der Waals surface area contributed by atoms with Crippen molar-refractivity contribution in [3.05, 3.63) is 48.4 Å². The summed E-state index contributed by atoms with van der Waals surface area (Å²) >= 11 is 0. The minimum absolute atomic E-state index is 0.580. The number of fused-ring (bicyclic) bond motifs is 1. The van der Waals surface area contributed by atoms with E-state index in [4.69, 9.17) is 5.26 Å². The van der Waals surface area contributed by atoms with E-state index in [1.165, 1.54) is 0 Å². The number of aromatic amines is 1. The average Bonchev–Trinajstić information content (AvgIpc) is 2.91. The van der Waals surface area contributed by atoms with E-state index in [1.54, 1.807) is 24.7 Å². The zero-order valence-corrected chi connectivity index (χ0v) is 8.88. The zero-order chi connectivity index (χ0) is 11.7. The van der Waals surface area contributed by atoms with Crippen molar-refractivity contribution < 1.29 is 0 Å². The predicted molar refractivity (Wildman–Crippen MR) is 64.0 cm³/mol. The van der Waals surface area contributed by atoms with Crippen LogP contribution in [0.25, 0.3) is 22.3 Å². The molecule has 1 aromatic carbocycles. The van der Waals surface area contributed by atoms with Crippen LogP contribution in [0.3, 0.4) is 0 Å². The van der Waals surface area contributed by atoms with Gasteiger partial charge in [-0.2, -0.15) is 5.26 Å². The van der Waals surface area contributed by atoms with Crippen molar-refractivity contribution >= 4 is 10.9 Å². The van der Waals surface area contributed by atoms with Gasteiger partial charge in [-0.1, -0.05) is 6.07 Å². The molecular formula is C13H8N4. The zero-order valence-electron chi connectivity index (χ0n) is 8.88. The quantitative estimate of drug-likeness (QED) is 0.685. The summed E-state index contributed by atoms with van der Waals surface area (Å²) in [6.07, 6.45) is 5.17. The van der Waals surface area contributed by atoms with Gasteiger partial charge in [0.25, 0.3) is 0 Å². The summed E-state index contributed by atoms with van der Waals surface area (Å²) in [6.45, 7) is 0. The summed E-state index contributed by atoms with van der Waals surface area (Å²) in [6, 6.07) is 9.61. The average molecular weight is 220 g/mol. The first-order valence-corrected chi connectivity index (χ1v) is 5.18. The Morgan fingerprint density at radius 2 is 2.06 bits per heavy atom. The van der Waals surface area contributed by atoms with E-state index in [0.29, 0.717) is 11.1 Å². The maximum Gasteiger partial charge on any atom is 0.137 e. The van der Waals surface area contributed by atoms with Gasteiger partial charge in [0.15, 0.2) is 0 Å². The number of aromatic nitrogens is 3. The second kappa shape index (κ2) is 3.72. The number of nitrogens with zero attached hydrogens (tertiary/aromatic N) is 3. The standard InChI is InChI=1S/C13H8N4/c14-8-9-3-4-11(13-16-6-7-17-13)10-2-1-5-15-12(9)10/h1-7H,(H,16,17). The summed E-state index contributed by atoms with van der Waals surface area (Å²) in [7, 11) is 0. The fourth-order valence-electron chi connectivity index (χ4n) is 1.88. The molecule has 4 heteroatoms. The summed E-state index contributed by atoms with van der Waals surface area (Å²) in [4.78, 5) is 11.5. The summed E-state index contributed by atoms with van der Waals surface area (Å²) in [5, 5.41) is 9.98. The molecule has 0 unspecified atom stereocenters. The molecule has 0 atom stereocenters. The molecular weight excluding hydrogens is 212 g/mol. The Morgan fingerprint density at radius 1 is 1.12 bits per heavy atom. The van der Waals surface area contributed by atoms with Gasteiger partial charge in [0.2, 0.25) is 0 Å². The number of benzene rings is 1. The third-order valence-corrected chi connectivity index (χ3v) is 2.64.